The van der Waals surface area contributed by atoms with E-state index in [0.29, 0.717) is 5.56 Å². The van der Waals surface area contributed by atoms with Gasteiger partial charge >= 0.3 is 0 Å². The molecule has 6 heteroatoms. The van der Waals surface area contributed by atoms with Gasteiger partial charge in [-0.25, -0.2) is 8.42 Å². The standard InChI is InChI=1S/C15H19N3O2S/c1-11-6-7-14(16)15(12(11)2)21(19,20)18(3)10-13-5-4-8-17-9-13/h4-9H,10,16H2,1-3H3. The number of nitrogen functional groups attached to an aromatic ring is 1. The van der Waals surface area contributed by atoms with E-state index in [1.807, 2.05) is 19.1 Å². The molecule has 0 spiro atoms. The fourth-order valence-electron chi connectivity index (χ4n) is 2.14. The van der Waals surface area contributed by atoms with E-state index in [-0.39, 0.29) is 17.1 Å². The lowest BCUT2D eigenvalue weighted by atomic mass is 10.1. The van der Waals surface area contributed by atoms with Crippen LogP contribution in [0.3, 0.4) is 0 Å². The molecule has 1 aromatic carbocycles. The number of rotatable bonds is 4. The molecule has 0 fully saturated rings. The summed E-state index contributed by atoms with van der Waals surface area (Å²) in [6, 6.07) is 7.07. The molecule has 2 N–H and O–H groups in total. The van der Waals surface area contributed by atoms with Crippen molar-refractivity contribution in [1.82, 2.24) is 9.29 Å². The van der Waals surface area contributed by atoms with Gasteiger partial charge in [-0.2, -0.15) is 4.31 Å². The summed E-state index contributed by atoms with van der Waals surface area (Å²) in [4.78, 5) is 4.18. The lowest BCUT2D eigenvalue weighted by Gasteiger charge is -2.20. The monoisotopic (exact) mass is 305 g/mol. The minimum absolute atomic E-state index is 0.189. The van der Waals surface area contributed by atoms with Crippen molar-refractivity contribution >= 4 is 15.7 Å². The number of hydrogen-bond donors (Lipinski definition) is 1. The van der Waals surface area contributed by atoms with Crippen molar-refractivity contribution in [2.75, 3.05) is 12.8 Å². The highest BCUT2D eigenvalue weighted by molar-refractivity contribution is 7.89. The maximum atomic E-state index is 12.8. The predicted octanol–water partition coefficient (Wildman–Crippen LogP) is 2.10. The summed E-state index contributed by atoms with van der Waals surface area (Å²) < 4.78 is 26.8. The zero-order valence-electron chi connectivity index (χ0n) is 12.4. The highest BCUT2D eigenvalue weighted by Gasteiger charge is 2.26. The molecule has 0 amide bonds. The van der Waals surface area contributed by atoms with Gasteiger partial charge in [0.1, 0.15) is 4.90 Å². The Kier molecular flexibility index (Phi) is 4.29. The molecule has 0 aliphatic heterocycles. The first-order valence-electron chi connectivity index (χ1n) is 6.55. The lowest BCUT2D eigenvalue weighted by molar-refractivity contribution is 0.466. The van der Waals surface area contributed by atoms with Crippen LogP contribution in [0.4, 0.5) is 5.69 Å². The Morgan fingerprint density at radius 3 is 2.57 bits per heavy atom. The predicted molar refractivity (Wildman–Crippen MR) is 83.2 cm³/mol. The Balaban J connectivity index is 2.41. The second kappa shape index (κ2) is 5.83. The maximum Gasteiger partial charge on any atom is 0.245 e. The molecule has 0 saturated heterocycles. The second-order valence-electron chi connectivity index (χ2n) is 5.05. The first kappa shape index (κ1) is 15.5. The Bertz CT molecular complexity index is 743. The smallest absolute Gasteiger partial charge is 0.245 e. The molecule has 2 aromatic rings. The Morgan fingerprint density at radius 2 is 1.95 bits per heavy atom. The molecule has 0 aliphatic rings. The van der Waals surface area contributed by atoms with Crippen molar-refractivity contribution in [3.63, 3.8) is 0 Å². The number of aromatic nitrogens is 1. The average molecular weight is 305 g/mol. The van der Waals surface area contributed by atoms with Crippen LogP contribution in [-0.4, -0.2) is 24.8 Å². The van der Waals surface area contributed by atoms with Crippen LogP contribution in [0.1, 0.15) is 16.7 Å². The topological polar surface area (TPSA) is 76.3 Å². The van der Waals surface area contributed by atoms with Crippen LogP contribution in [0, 0.1) is 13.8 Å². The van der Waals surface area contributed by atoms with E-state index >= 15 is 0 Å². The van der Waals surface area contributed by atoms with Crippen molar-refractivity contribution in [2.45, 2.75) is 25.3 Å². The molecule has 2 rings (SSSR count). The molecule has 0 bridgehead atoms. The highest BCUT2D eigenvalue weighted by atomic mass is 32.2. The zero-order valence-corrected chi connectivity index (χ0v) is 13.2. The first-order chi connectivity index (χ1) is 9.84. The minimum atomic E-state index is -3.64. The van der Waals surface area contributed by atoms with Gasteiger partial charge in [-0.3, -0.25) is 4.98 Å². The summed E-state index contributed by atoms with van der Waals surface area (Å²) in [6.07, 6.45) is 3.30. The molecule has 0 saturated carbocycles. The third-order valence-electron chi connectivity index (χ3n) is 3.50. The molecular formula is C15H19N3O2S. The van der Waals surface area contributed by atoms with E-state index in [1.165, 1.54) is 4.31 Å². The molecule has 1 heterocycles. The van der Waals surface area contributed by atoms with E-state index in [1.54, 1.807) is 38.5 Å². The largest absolute Gasteiger partial charge is 0.398 e. The number of aryl methyl sites for hydroxylation is 1. The van der Waals surface area contributed by atoms with Gasteiger partial charge in [0.2, 0.25) is 10.0 Å². The maximum absolute atomic E-state index is 12.8. The zero-order chi connectivity index (χ0) is 15.6. The highest BCUT2D eigenvalue weighted by Crippen LogP contribution is 2.28. The van der Waals surface area contributed by atoms with E-state index in [2.05, 4.69) is 4.98 Å². The molecule has 21 heavy (non-hydrogen) atoms. The number of sulfonamides is 1. The third kappa shape index (κ3) is 3.06. The van der Waals surface area contributed by atoms with Crippen LogP contribution in [0.5, 0.6) is 0 Å². The lowest BCUT2D eigenvalue weighted by Crippen LogP contribution is -2.28. The quantitative estimate of drug-likeness (QED) is 0.878. The fraction of sp³-hybridized carbons (Fsp3) is 0.267. The molecular weight excluding hydrogens is 286 g/mol. The van der Waals surface area contributed by atoms with Crippen molar-refractivity contribution in [2.24, 2.45) is 0 Å². The van der Waals surface area contributed by atoms with Crippen molar-refractivity contribution in [1.29, 1.82) is 0 Å². The molecule has 1 aromatic heterocycles. The SMILES string of the molecule is Cc1ccc(N)c(S(=O)(=O)N(C)Cc2cccnc2)c1C. The summed E-state index contributed by atoms with van der Waals surface area (Å²) in [5, 5.41) is 0. The van der Waals surface area contributed by atoms with Crippen molar-refractivity contribution in [3.05, 3.63) is 53.3 Å². The molecule has 5 nitrogen and oxygen atoms in total. The number of anilines is 1. The second-order valence-corrected chi connectivity index (χ2v) is 7.03. The van der Waals surface area contributed by atoms with Gasteiger partial charge in [-0.1, -0.05) is 12.1 Å². The van der Waals surface area contributed by atoms with Crippen LogP contribution >= 0.6 is 0 Å². The normalized spacial score (nSPS) is 11.8. The summed E-state index contributed by atoms with van der Waals surface area (Å²) in [5.74, 6) is 0. The van der Waals surface area contributed by atoms with Crippen LogP contribution in [-0.2, 0) is 16.6 Å². The number of benzene rings is 1. The van der Waals surface area contributed by atoms with Gasteiger partial charge in [0.25, 0.3) is 0 Å². The molecule has 112 valence electrons. The fourth-order valence-corrected chi connectivity index (χ4v) is 3.69. The van der Waals surface area contributed by atoms with E-state index < -0.39 is 10.0 Å². The molecule has 0 aliphatic carbocycles. The Hall–Kier alpha value is -1.92. The van der Waals surface area contributed by atoms with Gasteiger partial charge in [0, 0.05) is 26.0 Å². The Labute approximate surface area is 125 Å². The van der Waals surface area contributed by atoms with Gasteiger partial charge in [-0.15, -0.1) is 0 Å². The van der Waals surface area contributed by atoms with E-state index in [4.69, 9.17) is 5.73 Å². The Morgan fingerprint density at radius 1 is 1.24 bits per heavy atom. The van der Waals surface area contributed by atoms with Gasteiger partial charge < -0.3 is 5.73 Å². The number of hydrogen-bond acceptors (Lipinski definition) is 4. The minimum Gasteiger partial charge on any atom is -0.398 e. The van der Waals surface area contributed by atoms with Gasteiger partial charge in [0.05, 0.1) is 5.69 Å². The third-order valence-corrected chi connectivity index (χ3v) is 5.51. The molecule has 0 radical (unpaired) electrons. The van der Waals surface area contributed by atoms with Gasteiger partial charge in [0.15, 0.2) is 0 Å². The van der Waals surface area contributed by atoms with Crippen molar-refractivity contribution in [3.8, 4) is 0 Å². The van der Waals surface area contributed by atoms with Crippen LogP contribution < -0.4 is 5.73 Å². The summed E-state index contributed by atoms with van der Waals surface area (Å²) in [5.41, 5.74) is 8.58. The summed E-state index contributed by atoms with van der Waals surface area (Å²) in [6.45, 7) is 3.90. The number of pyridine rings is 1. The average Bonchev–Trinajstić information content (AvgIpc) is 2.44. The first-order valence-corrected chi connectivity index (χ1v) is 7.99. The number of nitrogens with zero attached hydrogens (tertiary/aromatic N) is 2. The van der Waals surface area contributed by atoms with Gasteiger partial charge in [-0.05, 0) is 42.7 Å². The summed E-state index contributed by atoms with van der Waals surface area (Å²) >= 11 is 0. The molecule has 0 atom stereocenters. The van der Waals surface area contributed by atoms with Crippen molar-refractivity contribution < 1.29 is 8.42 Å². The van der Waals surface area contributed by atoms with E-state index in [9.17, 15) is 8.42 Å². The van der Waals surface area contributed by atoms with Crippen LogP contribution in [0.15, 0.2) is 41.6 Å². The summed E-state index contributed by atoms with van der Waals surface area (Å²) in [7, 11) is -2.10. The van der Waals surface area contributed by atoms with E-state index in [0.717, 1.165) is 11.1 Å². The molecule has 0 unspecified atom stereocenters. The van der Waals surface area contributed by atoms with Crippen LogP contribution in [0.25, 0.3) is 0 Å². The number of nitrogens with two attached hydrogens (primary N) is 1. The van der Waals surface area contributed by atoms with Crippen LogP contribution in [0.2, 0.25) is 0 Å².